The first kappa shape index (κ1) is 18.3. The number of ether oxygens (including phenoxy) is 1. The third-order valence-electron chi connectivity index (χ3n) is 5.07. The molecular weight excluding hydrogens is 387 g/mol. The first-order chi connectivity index (χ1) is 14.2. The predicted molar refractivity (Wildman–Crippen MR) is 112 cm³/mol. The van der Waals surface area contributed by atoms with E-state index in [9.17, 15) is 4.57 Å². The van der Waals surface area contributed by atoms with Crippen molar-refractivity contribution < 1.29 is 13.7 Å². The number of hydrogen-bond acceptors (Lipinski definition) is 4. The molecule has 0 spiro atoms. The number of fused-ring (bicyclic) bond motifs is 1. The second kappa shape index (κ2) is 7.59. The number of hydrogen-bond donors (Lipinski definition) is 0. The molecule has 8 heteroatoms. The van der Waals surface area contributed by atoms with Crippen LogP contribution in [0.15, 0.2) is 69.8 Å². The minimum Gasteiger partial charge on any atom is -0.419 e. The molecule has 7 nitrogen and oxygen atoms in total. The maximum absolute atomic E-state index is 14.1. The van der Waals surface area contributed by atoms with Crippen LogP contribution in [0.1, 0.15) is 11.3 Å². The first-order valence-corrected chi connectivity index (χ1v) is 11.2. The molecule has 1 saturated heterocycles. The minimum atomic E-state index is -3.25. The molecule has 1 unspecified atom stereocenters. The van der Waals surface area contributed by atoms with Crippen LogP contribution in [0.4, 0.5) is 5.88 Å². The average molecular weight is 408 g/mol. The van der Waals surface area contributed by atoms with Crippen LogP contribution >= 0.6 is 7.59 Å². The Morgan fingerprint density at radius 2 is 1.66 bits per heavy atom. The van der Waals surface area contributed by atoms with Gasteiger partial charge < -0.3 is 9.15 Å². The van der Waals surface area contributed by atoms with Crippen LogP contribution in [0.2, 0.25) is 0 Å². The molecule has 0 N–H and O–H groups in total. The Hall–Kier alpha value is -2.73. The van der Waals surface area contributed by atoms with Crippen molar-refractivity contribution in [2.24, 2.45) is 4.76 Å². The van der Waals surface area contributed by atoms with E-state index in [2.05, 4.69) is 9.75 Å². The van der Waals surface area contributed by atoms with E-state index in [1.165, 1.54) is 0 Å². The van der Waals surface area contributed by atoms with E-state index in [0.717, 1.165) is 11.1 Å². The van der Waals surface area contributed by atoms with Gasteiger partial charge in [0.25, 0.3) is 0 Å². The smallest absolute Gasteiger partial charge is 0.356 e. The molecule has 2 aromatic carbocycles. The van der Waals surface area contributed by atoms with E-state index >= 15 is 0 Å². The van der Waals surface area contributed by atoms with E-state index in [-0.39, 0.29) is 0 Å². The lowest BCUT2D eigenvalue weighted by Crippen LogP contribution is -2.39. The number of anilines is 1. The van der Waals surface area contributed by atoms with Gasteiger partial charge in [-0.2, -0.15) is 0 Å². The predicted octanol–water partition coefficient (Wildman–Crippen LogP) is 4.22. The van der Waals surface area contributed by atoms with Gasteiger partial charge in [-0.3, -0.25) is 9.24 Å². The van der Waals surface area contributed by atoms with Crippen LogP contribution in [0.25, 0.3) is 11.5 Å². The second-order valence-corrected chi connectivity index (χ2v) is 9.25. The summed E-state index contributed by atoms with van der Waals surface area (Å²) in [4.78, 5) is 4.60. The summed E-state index contributed by atoms with van der Waals surface area (Å²) in [7, 11) is -3.25. The molecule has 0 amide bonds. The topological polar surface area (TPSA) is 71.2 Å². The number of nitrogens with zero attached hydrogens (tertiary/aromatic N) is 4. The summed E-state index contributed by atoms with van der Waals surface area (Å²) >= 11 is 0. The molecule has 148 valence electrons. The van der Waals surface area contributed by atoms with Crippen molar-refractivity contribution >= 4 is 19.7 Å². The maximum Gasteiger partial charge on any atom is 0.356 e. The van der Waals surface area contributed by atoms with Gasteiger partial charge >= 0.3 is 7.59 Å². The van der Waals surface area contributed by atoms with Gasteiger partial charge in [0.15, 0.2) is 0 Å². The van der Waals surface area contributed by atoms with Crippen molar-refractivity contribution in [1.29, 1.82) is 0 Å². The number of aromatic nitrogens is 1. The van der Waals surface area contributed by atoms with Crippen LogP contribution in [-0.4, -0.2) is 42.2 Å². The molecule has 29 heavy (non-hydrogen) atoms. The summed E-state index contributed by atoms with van der Waals surface area (Å²) < 4.78 is 34.0. The van der Waals surface area contributed by atoms with Crippen molar-refractivity contribution in [3.63, 3.8) is 0 Å². The normalized spacial score (nSPS) is 21.9. The standard InChI is InChI=1S/C21H21N4O3P/c26-29(24-11-13-27-14-12-24)22-15-19-21(25(29)16-17-7-3-1-4-8-17)28-20(23-19)18-9-5-2-6-10-18/h1-10,15H,11-14,16H2. The highest BCUT2D eigenvalue weighted by atomic mass is 31.2. The summed E-state index contributed by atoms with van der Waals surface area (Å²) in [6.45, 7) is 2.63. The van der Waals surface area contributed by atoms with Crippen molar-refractivity contribution in [1.82, 2.24) is 9.65 Å². The molecule has 0 aliphatic carbocycles. The Morgan fingerprint density at radius 3 is 2.38 bits per heavy atom. The molecule has 0 bridgehead atoms. The van der Waals surface area contributed by atoms with Crippen LogP contribution in [0.5, 0.6) is 0 Å². The Morgan fingerprint density at radius 1 is 0.966 bits per heavy atom. The number of oxazole rings is 1. The highest BCUT2D eigenvalue weighted by molar-refractivity contribution is 7.62. The Balaban J connectivity index is 1.58. The molecule has 3 aromatic rings. The van der Waals surface area contributed by atoms with Gasteiger partial charge in [-0.25, -0.2) is 14.4 Å². The van der Waals surface area contributed by atoms with Gasteiger partial charge in [0.1, 0.15) is 5.69 Å². The first-order valence-electron chi connectivity index (χ1n) is 9.61. The van der Waals surface area contributed by atoms with Gasteiger partial charge in [-0.05, 0) is 17.7 Å². The lowest BCUT2D eigenvalue weighted by atomic mass is 10.2. The molecule has 0 radical (unpaired) electrons. The Labute approximate surface area is 169 Å². The lowest BCUT2D eigenvalue weighted by molar-refractivity contribution is 0.0717. The summed E-state index contributed by atoms with van der Waals surface area (Å²) in [6.07, 6.45) is 1.59. The van der Waals surface area contributed by atoms with Gasteiger partial charge in [0.2, 0.25) is 11.8 Å². The quantitative estimate of drug-likeness (QED) is 0.602. The summed E-state index contributed by atoms with van der Waals surface area (Å²) in [5.74, 6) is 0.994. The lowest BCUT2D eigenvalue weighted by Gasteiger charge is -2.39. The monoisotopic (exact) mass is 408 g/mol. The molecule has 2 aliphatic rings. The van der Waals surface area contributed by atoms with E-state index in [4.69, 9.17) is 9.15 Å². The van der Waals surface area contributed by atoms with Crippen LogP contribution in [0, 0.1) is 0 Å². The summed E-state index contributed by atoms with van der Waals surface area (Å²) in [5, 5.41) is 0. The third kappa shape index (κ3) is 3.42. The second-order valence-electron chi connectivity index (χ2n) is 6.94. The Kier molecular flexibility index (Phi) is 4.79. The van der Waals surface area contributed by atoms with Crippen LogP contribution < -0.4 is 4.67 Å². The van der Waals surface area contributed by atoms with E-state index in [1.54, 1.807) is 10.9 Å². The van der Waals surface area contributed by atoms with Crippen molar-refractivity contribution in [3.05, 3.63) is 71.9 Å². The number of morpholine rings is 1. The molecule has 1 fully saturated rings. The van der Waals surface area contributed by atoms with Crippen LogP contribution in [-0.2, 0) is 15.8 Å². The fourth-order valence-corrected chi connectivity index (χ4v) is 5.82. The van der Waals surface area contributed by atoms with Crippen molar-refractivity contribution in [3.8, 4) is 11.5 Å². The summed E-state index contributed by atoms with van der Waals surface area (Å²) in [6, 6.07) is 19.6. The molecule has 1 aromatic heterocycles. The molecular formula is C21H21N4O3P. The van der Waals surface area contributed by atoms with Crippen molar-refractivity contribution in [2.45, 2.75) is 6.54 Å². The fraction of sp³-hybridized carbons (Fsp3) is 0.238. The van der Waals surface area contributed by atoms with Crippen LogP contribution in [0.3, 0.4) is 0 Å². The van der Waals surface area contributed by atoms with Crippen molar-refractivity contribution in [2.75, 3.05) is 31.0 Å². The molecule has 5 rings (SSSR count). The van der Waals surface area contributed by atoms with Gasteiger partial charge in [-0.15, -0.1) is 0 Å². The number of rotatable bonds is 4. The van der Waals surface area contributed by atoms with E-state index in [0.29, 0.717) is 50.3 Å². The summed E-state index contributed by atoms with van der Waals surface area (Å²) in [5.41, 5.74) is 2.50. The van der Waals surface area contributed by atoms with E-state index in [1.807, 2.05) is 65.3 Å². The molecule has 2 aliphatic heterocycles. The fourth-order valence-electron chi connectivity index (χ4n) is 3.57. The minimum absolute atomic E-state index is 0.420. The largest absolute Gasteiger partial charge is 0.419 e. The highest BCUT2D eigenvalue weighted by Crippen LogP contribution is 2.60. The number of benzene rings is 2. The third-order valence-corrected chi connectivity index (χ3v) is 7.57. The Bertz CT molecular complexity index is 1060. The zero-order valence-corrected chi connectivity index (χ0v) is 16.7. The van der Waals surface area contributed by atoms with Gasteiger partial charge in [-0.1, -0.05) is 48.5 Å². The zero-order valence-electron chi connectivity index (χ0n) is 15.8. The highest BCUT2D eigenvalue weighted by Gasteiger charge is 2.43. The molecule has 1 atom stereocenters. The SMILES string of the molecule is O=P1(N2CCOCC2)N=Cc2nc(-c3ccccc3)oc2N1Cc1ccccc1. The van der Waals surface area contributed by atoms with E-state index < -0.39 is 7.59 Å². The van der Waals surface area contributed by atoms with Gasteiger partial charge in [0, 0.05) is 18.7 Å². The molecule has 0 saturated carbocycles. The van der Waals surface area contributed by atoms with Gasteiger partial charge in [0.05, 0.1) is 26.0 Å². The molecule has 3 heterocycles. The average Bonchev–Trinajstić information content (AvgIpc) is 3.22. The maximum atomic E-state index is 14.1. The zero-order chi connectivity index (χ0) is 19.7.